The Kier molecular flexibility index (Phi) is 6.46. The van der Waals surface area contributed by atoms with Crippen LogP contribution in [0.15, 0.2) is 152 Å². The van der Waals surface area contributed by atoms with Gasteiger partial charge in [-0.05, 0) is 53.6 Å². The summed E-state index contributed by atoms with van der Waals surface area (Å²) in [7, 11) is 0. The lowest BCUT2D eigenvalue weighted by molar-refractivity contribution is 1.08. The molecule has 238 valence electrons. The van der Waals surface area contributed by atoms with Crippen molar-refractivity contribution < 1.29 is 0 Å². The van der Waals surface area contributed by atoms with Crippen molar-refractivity contribution in [3.8, 4) is 45.3 Å². The first-order chi connectivity index (χ1) is 25.2. The van der Waals surface area contributed by atoms with Gasteiger partial charge in [-0.15, -0.1) is 34.0 Å². The van der Waals surface area contributed by atoms with E-state index in [1.54, 1.807) is 11.3 Å². The molecule has 0 unspecified atom stereocenters. The zero-order valence-corrected chi connectivity index (χ0v) is 29.4. The lowest BCUT2D eigenvalue weighted by Crippen LogP contribution is -2.00. The zero-order valence-electron chi connectivity index (χ0n) is 27.0. The highest BCUT2D eigenvalue weighted by Gasteiger charge is 2.18. The molecule has 0 radical (unpaired) electrons. The Morgan fingerprint density at radius 3 is 1.80 bits per heavy atom. The molecule has 0 aliphatic carbocycles. The predicted octanol–water partition coefficient (Wildman–Crippen LogP) is 13.6. The molecule has 0 N–H and O–H groups in total. The third-order valence-electron chi connectivity index (χ3n) is 9.76. The molecule has 0 saturated carbocycles. The van der Waals surface area contributed by atoms with E-state index < -0.39 is 0 Å². The summed E-state index contributed by atoms with van der Waals surface area (Å²) in [6.45, 7) is 0. The molecule has 11 aromatic rings. The van der Waals surface area contributed by atoms with Crippen LogP contribution >= 0.6 is 34.0 Å². The summed E-state index contributed by atoms with van der Waals surface area (Å²) >= 11 is 5.52. The Bertz CT molecular complexity index is 3150. The summed E-state index contributed by atoms with van der Waals surface area (Å²) in [5.74, 6) is 2.02. The van der Waals surface area contributed by atoms with Gasteiger partial charge >= 0.3 is 0 Å². The van der Waals surface area contributed by atoms with Gasteiger partial charge in [0, 0.05) is 77.2 Å². The average molecular weight is 704 g/mol. The molecule has 0 amide bonds. The van der Waals surface area contributed by atoms with Gasteiger partial charge in [0.25, 0.3) is 0 Å². The largest absolute Gasteiger partial charge is 0.208 e. The molecule has 0 aliphatic rings. The molecular weight excluding hydrogens is 679 g/mol. The van der Waals surface area contributed by atoms with Gasteiger partial charge in [0.1, 0.15) is 0 Å². The van der Waals surface area contributed by atoms with Crippen LogP contribution in [0.25, 0.3) is 106 Å². The Morgan fingerprint density at radius 2 is 0.922 bits per heavy atom. The summed E-state index contributed by atoms with van der Waals surface area (Å²) < 4.78 is 7.68. The van der Waals surface area contributed by atoms with E-state index in [1.807, 2.05) is 40.9 Å². The van der Waals surface area contributed by atoms with Crippen LogP contribution in [-0.2, 0) is 0 Å². The number of fused-ring (bicyclic) bond motifs is 9. The number of aromatic nitrogens is 3. The van der Waals surface area contributed by atoms with Gasteiger partial charge in [-0.3, -0.25) is 0 Å². The standard InChI is InChI=1S/C45H25N3S3/c1-2-10-26(11-3-1)43-46-44(48-45(47-43)34-16-9-19-39-41(34)33-13-5-7-18-37(33)49-39)28-21-23-38-35(24-28)31-22-20-27(25-40(31)50-38)29-14-8-15-32-30-12-4-6-17-36(30)51-42(29)32/h1-25H. The molecule has 7 aromatic carbocycles. The molecule has 4 aromatic heterocycles. The first-order valence-corrected chi connectivity index (χ1v) is 19.3. The molecule has 0 spiro atoms. The predicted molar refractivity (Wildman–Crippen MR) is 220 cm³/mol. The lowest BCUT2D eigenvalue weighted by Gasteiger charge is -2.10. The molecule has 3 nitrogen and oxygen atoms in total. The maximum absolute atomic E-state index is 5.19. The van der Waals surface area contributed by atoms with Gasteiger partial charge in [0.15, 0.2) is 17.5 Å². The first kappa shape index (κ1) is 29.0. The van der Waals surface area contributed by atoms with E-state index in [2.05, 4.69) is 133 Å². The Hall–Kier alpha value is -5.79. The van der Waals surface area contributed by atoms with Gasteiger partial charge in [0.05, 0.1) is 0 Å². The SMILES string of the molecule is c1ccc(-c2nc(-c3ccc4sc5cc(-c6cccc7c6sc6ccccc67)ccc5c4c3)nc(-c3cccc4sc5ccccc5c34)n2)cc1. The van der Waals surface area contributed by atoms with Gasteiger partial charge in [0.2, 0.25) is 0 Å². The normalized spacial score (nSPS) is 11.9. The van der Waals surface area contributed by atoms with E-state index in [9.17, 15) is 0 Å². The van der Waals surface area contributed by atoms with Gasteiger partial charge in [-0.2, -0.15) is 0 Å². The van der Waals surface area contributed by atoms with Crippen molar-refractivity contribution in [2.45, 2.75) is 0 Å². The van der Waals surface area contributed by atoms with Crippen LogP contribution < -0.4 is 0 Å². The molecule has 11 rings (SSSR count). The van der Waals surface area contributed by atoms with Crippen LogP contribution in [0, 0.1) is 0 Å². The molecule has 0 aliphatic heterocycles. The number of hydrogen-bond donors (Lipinski definition) is 0. The second kappa shape index (κ2) is 11.4. The van der Waals surface area contributed by atoms with E-state index >= 15 is 0 Å². The van der Waals surface area contributed by atoms with Crippen molar-refractivity contribution in [2.75, 3.05) is 0 Å². The number of thiophene rings is 3. The summed E-state index contributed by atoms with van der Waals surface area (Å²) in [6, 6.07) is 54.2. The minimum atomic E-state index is 0.669. The van der Waals surface area contributed by atoms with Crippen molar-refractivity contribution >= 4 is 94.5 Å². The maximum Gasteiger partial charge on any atom is 0.164 e. The van der Waals surface area contributed by atoms with Crippen LogP contribution in [0.4, 0.5) is 0 Å². The van der Waals surface area contributed by atoms with Crippen molar-refractivity contribution in [2.24, 2.45) is 0 Å². The highest BCUT2D eigenvalue weighted by Crippen LogP contribution is 2.44. The van der Waals surface area contributed by atoms with Crippen LogP contribution in [0.1, 0.15) is 0 Å². The van der Waals surface area contributed by atoms with Crippen LogP contribution in [0.3, 0.4) is 0 Å². The fourth-order valence-electron chi connectivity index (χ4n) is 7.36. The number of hydrogen-bond acceptors (Lipinski definition) is 6. The third kappa shape index (κ3) is 4.65. The number of benzene rings is 7. The van der Waals surface area contributed by atoms with E-state index in [4.69, 9.17) is 15.0 Å². The lowest BCUT2D eigenvalue weighted by atomic mass is 10.0. The Morgan fingerprint density at radius 1 is 0.314 bits per heavy atom. The Balaban J connectivity index is 1.07. The fraction of sp³-hybridized carbons (Fsp3) is 0. The van der Waals surface area contributed by atoms with Crippen molar-refractivity contribution in [1.82, 2.24) is 15.0 Å². The molecule has 51 heavy (non-hydrogen) atoms. The van der Waals surface area contributed by atoms with Gasteiger partial charge < -0.3 is 0 Å². The van der Waals surface area contributed by atoms with Crippen LogP contribution in [0.2, 0.25) is 0 Å². The van der Waals surface area contributed by atoms with E-state index in [0.717, 1.165) is 16.7 Å². The minimum Gasteiger partial charge on any atom is -0.208 e. The van der Waals surface area contributed by atoms with Gasteiger partial charge in [-0.1, -0.05) is 109 Å². The Labute approximate surface area is 304 Å². The molecule has 0 saturated heterocycles. The highest BCUT2D eigenvalue weighted by atomic mass is 32.1. The zero-order chi connectivity index (χ0) is 33.5. The quantitative estimate of drug-likeness (QED) is 0.183. The minimum absolute atomic E-state index is 0.669. The van der Waals surface area contributed by atoms with Crippen molar-refractivity contribution in [3.05, 3.63) is 152 Å². The van der Waals surface area contributed by atoms with Crippen molar-refractivity contribution in [1.29, 1.82) is 0 Å². The second-order valence-corrected chi connectivity index (χ2v) is 16.0. The fourth-order valence-corrected chi connectivity index (χ4v) is 10.9. The average Bonchev–Trinajstić information content (AvgIpc) is 3.88. The molecule has 0 atom stereocenters. The molecular formula is C45H25N3S3. The van der Waals surface area contributed by atoms with E-state index in [1.165, 1.54) is 71.6 Å². The van der Waals surface area contributed by atoms with E-state index in [-0.39, 0.29) is 0 Å². The summed E-state index contributed by atoms with van der Waals surface area (Å²) in [5, 5.41) is 7.53. The molecule has 0 bridgehead atoms. The summed E-state index contributed by atoms with van der Waals surface area (Å²) in [6.07, 6.45) is 0. The molecule has 0 fully saturated rings. The van der Waals surface area contributed by atoms with E-state index in [0.29, 0.717) is 17.5 Å². The number of rotatable bonds is 4. The number of nitrogens with zero attached hydrogens (tertiary/aromatic N) is 3. The smallest absolute Gasteiger partial charge is 0.164 e. The molecule has 4 heterocycles. The second-order valence-electron chi connectivity index (χ2n) is 12.8. The molecule has 6 heteroatoms. The topological polar surface area (TPSA) is 38.7 Å². The summed E-state index contributed by atoms with van der Waals surface area (Å²) in [5.41, 5.74) is 5.50. The third-order valence-corrected chi connectivity index (χ3v) is 13.2. The van der Waals surface area contributed by atoms with Gasteiger partial charge in [-0.25, -0.2) is 15.0 Å². The first-order valence-electron chi connectivity index (χ1n) is 16.8. The maximum atomic E-state index is 5.19. The highest BCUT2D eigenvalue weighted by molar-refractivity contribution is 7.27. The summed E-state index contributed by atoms with van der Waals surface area (Å²) in [4.78, 5) is 15.4. The van der Waals surface area contributed by atoms with Crippen molar-refractivity contribution in [3.63, 3.8) is 0 Å². The monoisotopic (exact) mass is 703 g/mol. The van der Waals surface area contributed by atoms with Crippen LogP contribution in [-0.4, -0.2) is 15.0 Å². The van der Waals surface area contributed by atoms with Crippen LogP contribution in [0.5, 0.6) is 0 Å².